The summed E-state index contributed by atoms with van der Waals surface area (Å²) in [5, 5.41) is 10.1. The summed E-state index contributed by atoms with van der Waals surface area (Å²) >= 11 is 0. The zero-order valence-corrected chi connectivity index (χ0v) is 20.4. The van der Waals surface area contributed by atoms with Gasteiger partial charge in [-0.3, -0.25) is 0 Å². The van der Waals surface area contributed by atoms with Gasteiger partial charge in [0.1, 0.15) is 0 Å². The molecule has 1 aromatic rings. The van der Waals surface area contributed by atoms with Crippen LogP contribution in [0.25, 0.3) is 0 Å². The molecule has 3 saturated heterocycles. The summed E-state index contributed by atoms with van der Waals surface area (Å²) < 4.78 is 30.7. The maximum Gasteiger partial charge on any atom is 0.157 e. The third-order valence-corrected chi connectivity index (χ3v) is 8.14. The first kappa shape index (κ1) is 24.7. The second-order valence-corrected chi connectivity index (χ2v) is 10.6. The highest BCUT2D eigenvalue weighted by molar-refractivity contribution is 5.14. The van der Waals surface area contributed by atoms with Crippen LogP contribution in [-0.4, -0.2) is 55.5 Å². The van der Waals surface area contributed by atoms with Crippen molar-refractivity contribution >= 4 is 0 Å². The fraction of sp³-hybridized carbons (Fsp3) is 0.786. The van der Waals surface area contributed by atoms with Crippen molar-refractivity contribution in [2.75, 3.05) is 13.2 Å². The Kier molecular flexibility index (Phi) is 8.91. The van der Waals surface area contributed by atoms with Gasteiger partial charge in [-0.2, -0.15) is 0 Å². The summed E-state index contributed by atoms with van der Waals surface area (Å²) in [6.07, 6.45) is 11.7. The molecule has 3 unspecified atom stereocenters. The van der Waals surface area contributed by atoms with Gasteiger partial charge in [-0.15, -0.1) is 0 Å². The fourth-order valence-corrected chi connectivity index (χ4v) is 6.34. The average Bonchev–Trinajstić information content (AvgIpc) is 3.38. The summed E-state index contributed by atoms with van der Waals surface area (Å²) in [4.78, 5) is 0. The SMILES string of the molecule is OC1C[C@@H]2[C@@H](CC[C@H](CCc3ccccc3)OC3CCCCO3)[C@H](OC3CCCCO3)C[C@@H]2O1. The van der Waals surface area contributed by atoms with Crippen LogP contribution in [0.4, 0.5) is 0 Å². The molecular weight excluding hydrogens is 432 g/mol. The number of rotatable bonds is 10. The summed E-state index contributed by atoms with van der Waals surface area (Å²) in [6, 6.07) is 10.7. The van der Waals surface area contributed by atoms with E-state index in [4.69, 9.17) is 23.7 Å². The van der Waals surface area contributed by atoms with Gasteiger partial charge in [0.2, 0.25) is 0 Å². The highest BCUT2D eigenvalue weighted by Gasteiger charge is 2.50. The number of aliphatic hydroxyl groups is 1. The first-order valence-corrected chi connectivity index (χ1v) is 13.7. The molecule has 4 aliphatic rings. The Labute approximate surface area is 204 Å². The molecule has 1 aromatic carbocycles. The summed E-state index contributed by atoms with van der Waals surface area (Å²) in [5.74, 6) is 0.715. The van der Waals surface area contributed by atoms with E-state index in [0.717, 1.165) is 71.0 Å². The smallest absolute Gasteiger partial charge is 0.157 e. The molecular formula is C28H42O6. The van der Waals surface area contributed by atoms with Crippen molar-refractivity contribution in [3.05, 3.63) is 35.9 Å². The van der Waals surface area contributed by atoms with E-state index in [-0.39, 0.29) is 30.9 Å². The van der Waals surface area contributed by atoms with Crippen LogP contribution in [0.3, 0.4) is 0 Å². The van der Waals surface area contributed by atoms with Crippen molar-refractivity contribution in [1.29, 1.82) is 0 Å². The molecule has 3 heterocycles. The average molecular weight is 475 g/mol. The predicted octanol–water partition coefficient (Wildman–Crippen LogP) is 4.97. The van der Waals surface area contributed by atoms with Crippen LogP contribution in [0.15, 0.2) is 30.3 Å². The van der Waals surface area contributed by atoms with Gasteiger partial charge >= 0.3 is 0 Å². The van der Waals surface area contributed by atoms with E-state index in [2.05, 4.69) is 30.3 Å². The molecule has 34 heavy (non-hydrogen) atoms. The molecule has 5 rings (SSSR count). The molecule has 3 aliphatic heterocycles. The molecule has 4 fully saturated rings. The molecule has 0 radical (unpaired) electrons. The van der Waals surface area contributed by atoms with E-state index < -0.39 is 6.29 Å². The summed E-state index contributed by atoms with van der Waals surface area (Å²) in [5.41, 5.74) is 1.35. The van der Waals surface area contributed by atoms with E-state index in [0.29, 0.717) is 18.3 Å². The van der Waals surface area contributed by atoms with Gasteiger partial charge in [-0.1, -0.05) is 30.3 Å². The van der Waals surface area contributed by atoms with Crippen LogP contribution in [-0.2, 0) is 30.1 Å². The zero-order chi connectivity index (χ0) is 23.2. The molecule has 0 bridgehead atoms. The van der Waals surface area contributed by atoms with E-state index in [1.807, 2.05) is 0 Å². The maximum absolute atomic E-state index is 10.1. The van der Waals surface area contributed by atoms with Gasteiger partial charge in [-0.25, -0.2) is 0 Å². The highest BCUT2D eigenvalue weighted by Crippen LogP contribution is 2.47. The predicted molar refractivity (Wildman–Crippen MR) is 128 cm³/mol. The fourth-order valence-electron chi connectivity index (χ4n) is 6.34. The zero-order valence-electron chi connectivity index (χ0n) is 20.4. The van der Waals surface area contributed by atoms with Crippen LogP contribution in [0, 0.1) is 11.8 Å². The molecule has 0 spiro atoms. The Morgan fingerprint density at radius 1 is 0.912 bits per heavy atom. The minimum Gasteiger partial charge on any atom is -0.368 e. The molecule has 1 aliphatic carbocycles. The largest absolute Gasteiger partial charge is 0.368 e. The molecule has 1 saturated carbocycles. The van der Waals surface area contributed by atoms with Crippen molar-refractivity contribution in [3.8, 4) is 0 Å². The van der Waals surface area contributed by atoms with Gasteiger partial charge in [0.05, 0.1) is 18.3 Å². The Morgan fingerprint density at radius 2 is 1.68 bits per heavy atom. The number of benzene rings is 1. The second kappa shape index (κ2) is 12.3. The van der Waals surface area contributed by atoms with Crippen LogP contribution in [0.2, 0.25) is 0 Å². The topological polar surface area (TPSA) is 66.4 Å². The third kappa shape index (κ3) is 6.59. The molecule has 1 N–H and O–H groups in total. The molecule has 6 nitrogen and oxygen atoms in total. The minimum absolute atomic E-state index is 0.0785. The Morgan fingerprint density at radius 3 is 2.41 bits per heavy atom. The summed E-state index contributed by atoms with van der Waals surface area (Å²) in [6.45, 7) is 1.59. The number of aliphatic hydroxyl groups excluding tert-OH is 1. The molecule has 0 amide bonds. The monoisotopic (exact) mass is 474 g/mol. The molecule has 0 aromatic heterocycles. The van der Waals surface area contributed by atoms with Crippen molar-refractivity contribution in [1.82, 2.24) is 0 Å². The van der Waals surface area contributed by atoms with E-state index in [1.54, 1.807) is 0 Å². The van der Waals surface area contributed by atoms with Crippen LogP contribution >= 0.6 is 0 Å². The lowest BCUT2D eigenvalue weighted by molar-refractivity contribution is -0.203. The van der Waals surface area contributed by atoms with Crippen molar-refractivity contribution in [2.24, 2.45) is 11.8 Å². The Bertz CT molecular complexity index is 717. The number of hydrogen-bond acceptors (Lipinski definition) is 6. The van der Waals surface area contributed by atoms with E-state index in [9.17, 15) is 5.11 Å². The Balaban J connectivity index is 1.21. The van der Waals surface area contributed by atoms with Crippen LogP contribution in [0.1, 0.15) is 76.2 Å². The molecule has 6 heteroatoms. The summed E-state index contributed by atoms with van der Waals surface area (Å²) in [7, 11) is 0. The van der Waals surface area contributed by atoms with Gasteiger partial charge in [0.25, 0.3) is 0 Å². The van der Waals surface area contributed by atoms with E-state index in [1.165, 1.54) is 18.4 Å². The van der Waals surface area contributed by atoms with Gasteiger partial charge in [-0.05, 0) is 81.6 Å². The lowest BCUT2D eigenvalue weighted by atomic mass is 9.86. The van der Waals surface area contributed by atoms with Gasteiger partial charge < -0.3 is 28.8 Å². The standard InChI is InChI=1S/C28H42O6/c29-26-18-23-22(24(19-25(23)33-26)34-28-11-5-7-17-31-28)15-14-21(32-27-10-4-6-16-30-27)13-12-20-8-2-1-3-9-20/h1-3,8-9,21-29H,4-7,10-19H2/t21-,22+,23+,24+,25-,26?,27?,28?/m0/s1. The van der Waals surface area contributed by atoms with Crippen LogP contribution in [0.5, 0.6) is 0 Å². The lowest BCUT2D eigenvalue weighted by Gasteiger charge is -2.32. The van der Waals surface area contributed by atoms with Gasteiger partial charge in [0.15, 0.2) is 18.9 Å². The van der Waals surface area contributed by atoms with Crippen molar-refractivity contribution in [2.45, 2.75) is 114 Å². The first-order valence-electron chi connectivity index (χ1n) is 13.7. The van der Waals surface area contributed by atoms with Gasteiger partial charge in [0, 0.05) is 26.1 Å². The Hall–Kier alpha value is -1.02. The molecule has 8 atom stereocenters. The van der Waals surface area contributed by atoms with E-state index >= 15 is 0 Å². The van der Waals surface area contributed by atoms with Crippen molar-refractivity contribution in [3.63, 3.8) is 0 Å². The first-order chi connectivity index (χ1) is 16.7. The quantitative estimate of drug-likeness (QED) is 0.517. The molecule has 190 valence electrons. The number of ether oxygens (including phenoxy) is 5. The highest BCUT2D eigenvalue weighted by atomic mass is 16.7. The third-order valence-electron chi connectivity index (χ3n) is 8.14. The number of fused-ring (bicyclic) bond motifs is 1. The lowest BCUT2D eigenvalue weighted by Crippen LogP contribution is -2.33. The minimum atomic E-state index is -0.634. The van der Waals surface area contributed by atoms with Crippen molar-refractivity contribution < 1.29 is 28.8 Å². The number of hydrogen-bond donors (Lipinski definition) is 1. The van der Waals surface area contributed by atoms with Crippen LogP contribution < -0.4 is 0 Å². The normalized spacial score (nSPS) is 36.9. The number of aryl methyl sites for hydroxylation is 1. The maximum atomic E-state index is 10.1. The second-order valence-electron chi connectivity index (χ2n) is 10.6.